The van der Waals surface area contributed by atoms with Crippen LogP contribution < -0.4 is 10.6 Å². The van der Waals surface area contributed by atoms with E-state index in [4.69, 9.17) is 9.97 Å². The molecule has 0 fully saturated rings. The van der Waals surface area contributed by atoms with E-state index in [1.54, 1.807) is 23.7 Å². The number of carbonyl (C=O) groups excluding carboxylic acids is 1. The summed E-state index contributed by atoms with van der Waals surface area (Å²) in [7, 11) is 0. The third-order valence-electron chi connectivity index (χ3n) is 4.68. The maximum absolute atomic E-state index is 11.2. The van der Waals surface area contributed by atoms with Gasteiger partial charge in [0.1, 0.15) is 10.6 Å². The van der Waals surface area contributed by atoms with Crippen molar-refractivity contribution < 1.29 is 4.79 Å². The molecule has 3 aromatic heterocycles. The lowest BCUT2D eigenvalue weighted by Crippen LogP contribution is -2.06. The molecule has 1 amide bonds. The molecular formula is C22H21N5OS. The molecule has 0 aliphatic rings. The van der Waals surface area contributed by atoms with Gasteiger partial charge in [0.15, 0.2) is 5.82 Å². The number of hydrogen-bond acceptors (Lipinski definition) is 6. The van der Waals surface area contributed by atoms with Gasteiger partial charge in [0.2, 0.25) is 5.91 Å². The number of nitrogens with zero attached hydrogens (tertiary/aromatic N) is 3. The summed E-state index contributed by atoms with van der Waals surface area (Å²) in [5, 5.41) is 7.32. The second-order valence-electron chi connectivity index (χ2n) is 6.83. The first-order valence-electron chi connectivity index (χ1n) is 9.30. The minimum Gasteiger partial charge on any atom is -0.365 e. The molecule has 0 unspecified atom stereocenters. The number of thiophene rings is 1. The van der Waals surface area contributed by atoms with E-state index < -0.39 is 0 Å². The van der Waals surface area contributed by atoms with Crippen LogP contribution in [0.4, 0.5) is 11.5 Å². The van der Waals surface area contributed by atoms with E-state index in [0.29, 0.717) is 12.4 Å². The Hall–Kier alpha value is -3.32. The van der Waals surface area contributed by atoms with Crippen LogP contribution in [-0.2, 0) is 11.3 Å². The standard InChI is InChI=1S/C22H21N5OS/c1-13-14(2)29-22-19(13)21(26-20(27-22)17-5-4-10-23-12-17)24-11-16-6-8-18(9-7-16)25-15(3)28/h4-10,12H,11H2,1-3H3,(H,25,28)(H,24,26,27). The number of pyridine rings is 1. The number of carbonyl (C=O) groups is 1. The third kappa shape index (κ3) is 4.09. The van der Waals surface area contributed by atoms with Gasteiger partial charge in [0.25, 0.3) is 0 Å². The molecule has 7 heteroatoms. The number of hydrogen-bond donors (Lipinski definition) is 2. The first-order valence-corrected chi connectivity index (χ1v) is 10.1. The third-order valence-corrected chi connectivity index (χ3v) is 5.78. The fourth-order valence-electron chi connectivity index (χ4n) is 3.10. The van der Waals surface area contributed by atoms with Crippen molar-refractivity contribution in [3.05, 3.63) is 64.8 Å². The molecule has 1 aromatic carbocycles. The number of anilines is 2. The van der Waals surface area contributed by atoms with Crippen molar-refractivity contribution in [3.63, 3.8) is 0 Å². The molecule has 0 saturated carbocycles. The predicted octanol–water partition coefficient (Wildman–Crippen LogP) is 4.94. The lowest BCUT2D eigenvalue weighted by Gasteiger charge is -2.11. The van der Waals surface area contributed by atoms with Crippen molar-refractivity contribution in [3.8, 4) is 11.4 Å². The van der Waals surface area contributed by atoms with Crippen molar-refractivity contribution in [2.24, 2.45) is 0 Å². The smallest absolute Gasteiger partial charge is 0.221 e. The average molecular weight is 404 g/mol. The zero-order chi connectivity index (χ0) is 20.4. The molecule has 3 heterocycles. The van der Waals surface area contributed by atoms with Crippen LogP contribution in [0.3, 0.4) is 0 Å². The van der Waals surface area contributed by atoms with Crippen molar-refractivity contribution in [2.75, 3.05) is 10.6 Å². The van der Waals surface area contributed by atoms with Gasteiger partial charge in [0.05, 0.1) is 5.39 Å². The molecule has 4 aromatic rings. The summed E-state index contributed by atoms with van der Waals surface area (Å²) in [6.07, 6.45) is 3.52. The minimum absolute atomic E-state index is 0.0783. The van der Waals surface area contributed by atoms with Crippen LogP contribution >= 0.6 is 11.3 Å². The molecule has 0 saturated heterocycles. The van der Waals surface area contributed by atoms with Crippen LogP contribution in [-0.4, -0.2) is 20.9 Å². The fourth-order valence-corrected chi connectivity index (χ4v) is 4.13. The zero-order valence-corrected chi connectivity index (χ0v) is 17.3. The molecule has 0 bridgehead atoms. The number of fused-ring (bicyclic) bond motifs is 1. The van der Waals surface area contributed by atoms with Crippen LogP contribution in [0.15, 0.2) is 48.8 Å². The first kappa shape index (κ1) is 19.0. The van der Waals surface area contributed by atoms with Gasteiger partial charge in [-0.05, 0) is 49.2 Å². The Kier molecular flexibility index (Phi) is 5.22. The molecule has 4 rings (SSSR count). The summed E-state index contributed by atoms with van der Waals surface area (Å²) in [6.45, 7) is 6.33. The van der Waals surface area contributed by atoms with Gasteiger partial charge >= 0.3 is 0 Å². The molecule has 0 radical (unpaired) electrons. The normalized spacial score (nSPS) is 10.9. The molecule has 0 aliphatic carbocycles. The Morgan fingerprint density at radius 2 is 1.90 bits per heavy atom. The van der Waals surface area contributed by atoms with Crippen molar-refractivity contribution in [1.29, 1.82) is 0 Å². The average Bonchev–Trinajstić information content (AvgIpc) is 3.01. The van der Waals surface area contributed by atoms with E-state index in [2.05, 4.69) is 29.5 Å². The largest absolute Gasteiger partial charge is 0.365 e. The maximum Gasteiger partial charge on any atom is 0.221 e. The van der Waals surface area contributed by atoms with E-state index in [-0.39, 0.29) is 5.91 Å². The first-order chi connectivity index (χ1) is 14.0. The summed E-state index contributed by atoms with van der Waals surface area (Å²) in [6, 6.07) is 11.6. The van der Waals surface area contributed by atoms with Gasteiger partial charge in [-0.2, -0.15) is 0 Å². The second-order valence-corrected chi connectivity index (χ2v) is 8.04. The lowest BCUT2D eigenvalue weighted by atomic mass is 10.1. The highest BCUT2D eigenvalue weighted by molar-refractivity contribution is 7.18. The fraction of sp³-hybridized carbons (Fsp3) is 0.182. The summed E-state index contributed by atoms with van der Waals surface area (Å²) < 4.78 is 0. The second kappa shape index (κ2) is 7.97. The van der Waals surface area contributed by atoms with Gasteiger partial charge in [-0.3, -0.25) is 9.78 Å². The van der Waals surface area contributed by atoms with Crippen molar-refractivity contribution in [2.45, 2.75) is 27.3 Å². The molecule has 2 N–H and O–H groups in total. The highest BCUT2D eigenvalue weighted by Gasteiger charge is 2.15. The Balaban J connectivity index is 1.66. The Morgan fingerprint density at radius 1 is 1.10 bits per heavy atom. The molecular weight excluding hydrogens is 382 g/mol. The van der Waals surface area contributed by atoms with E-state index in [1.165, 1.54) is 17.4 Å². The van der Waals surface area contributed by atoms with Crippen LogP contribution in [0.1, 0.15) is 22.9 Å². The van der Waals surface area contributed by atoms with E-state index in [0.717, 1.165) is 32.8 Å². The van der Waals surface area contributed by atoms with E-state index >= 15 is 0 Å². The van der Waals surface area contributed by atoms with Gasteiger partial charge in [-0.25, -0.2) is 9.97 Å². The number of nitrogens with one attached hydrogen (secondary N) is 2. The molecule has 6 nitrogen and oxygen atoms in total. The maximum atomic E-state index is 11.2. The summed E-state index contributed by atoms with van der Waals surface area (Å²) >= 11 is 1.68. The van der Waals surface area contributed by atoms with Gasteiger partial charge < -0.3 is 10.6 Å². The van der Waals surface area contributed by atoms with Crippen LogP contribution in [0, 0.1) is 13.8 Å². The molecule has 0 aliphatic heterocycles. The minimum atomic E-state index is -0.0783. The molecule has 29 heavy (non-hydrogen) atoms. The topological polar surface area (TPSA) is 79.8 Å². The number of amides is 1. The highest BCUT2D eigenvalue weighted by atomic mass is 32.1. The molecule has 0 spiro atoms. The number of benzene rings is 1. The molecule has 146 valence electrons. The van der Waals surface area contributed by atoms with E-state index in [9.17, 15) is 4.79 Å². The zero-order valence-electron chi connectivity index (χ0n) is 16.5. The van der Waals surface area contributed by atoms with Gasteiger partial charge in [0, 0.05) is 42.0 Å². The number of aryl methyl sites for hydroxylation is 2. The van der Waals surface area contributed by atoms with Crippen LogP contribution in [0.25, 0.3) is 21.6 Å². The predicted molar refractivity (Wildman–Crippen MR) is 118 cm³/mol. The van der Waals surface area contributed by atoms with Gasteiger partial charge in [-0.15, -0.1) is 11.3 Å². The van der Waals surface area contributed by atoms with E-state index in [1.807, 2.05) is 36.4 Å². The Morgan fingerprint density at radius 3 is 2.59 bits per heavy atom. The summed E-state index contributed by atoms with van der Waals surface area (Å²) in [4.78, 5) is 27.1. The van der Waals surface area contributed by atoms with Crippen LogP contribution in [0.5, 0.6) is 0 Å². The Labute approximate surface area is 173 Å². The van der Waals surface area contributed by atoms with Gasteiger partial charge in [-0.1, -0.05) is 12.1 Å². The van der Waals surface area contributed by atoms with Crippen molar-refractivity contribution in [1.82, 2.24) is 15.0 Å². The molecule has 0 atom stereocenters. The monoisotopic (exact) mass is 403 g/mol. The van der Waals surface area contributed by atoms with Crippen LogP contribution in [0.2, 0.25) is 0 Å². The number of aromatic nitrogens is 3. The summed E-state index contributed by atoms with van der Waals surface area (Å²) in [5.74, 6) is 1.41. The quantitative estimate of drug-likeness (QED) is 0.493. The SMILES string of the molecule is CC(=O)Nc1ccc(CNc2nc(-c3cccnc3)nc3sc(C)c(C)c23)cc1. The highest BCUT2D eigenvalue weighted by Crippen LogP contribution is 2.35. The Bertz CT molecular complexity index is 1170. The summed E-state index contributed by atoms with van der Waals surface area (Å²) in [5.41, 5.74) is 3.97. The lowest BCUT2D eigenvalue weighted by molar-refractivity contribution is -0.114. The number of rotatable bonds is 5. The van der Waals surface area contributed by atoms with Crippen molar-refractivity contribution >= 4 is 39.0 Å².